The van der Waals surface area contributed by atoms with E-state index in [4.69, 9.17) is 11.6 Å². The van der Waals surface area contributed by atoms with E-state index in [1.165, 1.54) is 17.2 Å². The van der Waals surface area contributed by atoms with Gasteiger partial charge in [-0.25, -0.2) is 4.98 Å². The topological polar surface area (TPSA) is 102 Å². The van der Waals surface area contributed by atoms with Crippen molar-refractivity contribution in [3.8, 4) is 11.1 Å². The van der Waals surface area contributed by atoms with Crippen molar-refractivity contribution in [2.24, 2.45) is 0 Å². The van der Waals surface area contributed by atoms with Gasteiger partial charge in [-0.15, -0.1) is 0 Å². The van der Waals surface area contributed by atoms with Crippen LogP contribution in [0, 0.1) is 0 Å². The number of anilines is 5. The second kappa shape index (κ2) is 10.7. The lowest BCUT2D eigenvalue weighted by molar-refractivity contribution is -0.113. The zero-order valence-electron chi connectivity index (χ0n) is 20.4. The SMILES string of the molecule is C=CC(=O)N(C)c1cc2ccc1-c1cc(N(C)C)ccc1C(=O)NCCCNc1nc(ncc1Cl)N2. The third-order valence-electron chi connectivity index (χ3n) is 5.85. The van der Waals surface area contributed by atoms with Crippen molar-refractivity contribution >= 4 is 52.2 Å². The molecule has 0 saturated heterocycles. The van der Waals surface area contributed by atoms with Gasteiger partial charge in [-0.2, -0.15) is 4.98 Å². The fraction of sp³-hybridized carbons (Fsp3) is 0.231. The number of amides is 2. The molecule has 186 valence electrons. The van der Waals surface area contributed by atoms with Crippen molar-refractivity contribution in [2.75, 3.05) is 54.7 Å². The Hall–Kier alpha value is -4.11. The van der Waals surface area contributed by atoms with Gasteiger partial charge < -0.3 is 25.8 Å². The Bertz CT molecular complexity index is 1330. The highest BCUT2D eigenvalue weighted by Gasteiger charge is 2.21. The maximum Gasteiger partial charge on any atom is 0.251 e. The third kappa shape index (κ3) is 5.26. The molecule has 0 spiro atoms. The van der Waals surface area contributed by atoms with E-state index >= 15 is 0 Å². The second-order valence-electron chi connectivity index (χ2n) is 8.51. The van der Waals surface area contributed by atoms with E-state index in [1.807, 2.05) is 55.4 Å². The molecular weight excluding hydrogens is 478 g/mol. The first-order valence-corrected chi connectivity index (χ1v) is 11.8. The molecule has 3 N–H and O–H groups in total. The van der Waals surface area contributed by atoms with Crippen molar-refractivity contribution in [3.63, 3.8) is 0 Å². The molecule has 36 heavy (non-hydrogen) atoms. The van der Waals surface area contributed by atoms with Crippen LogP contribution in [0.25, 0.3) is 11.1 Å². The molecule has 0 atom stereocenters. The summed E-state index contributed by atoms with van der Waals surface area (Å²) in [5.74, 6) is 0.362. The van der Waals surface area contributed by atoms with Crippen LogP contribution < -0.4 is 25.8 Å². The predicted octanol–water partition coefficient (Wildman–Crippen LogP) is 4.30. The van der Waals surface area contributed by atoms with Crippen molar-refractivity contribution in [1.29, 1.82) is 0 Å². The number of hydrogen-bond donors (Lipinski definition) is 3. The van der Waals surface area contributed by atoms with Gasteiger partial charge in [0.05, 0.1) is 11.9 Å². The normalized spacial score (nSPS) is 13.1. The largest absolute Gasteiger partial charge is 0.378 e. The van der Waals surface area contributed by atoms with Gasteiger partial charge >= 0.3 is 0 Å². The molecule has 0 saturated carbocycles. The van der Waals surface area contributed by atoms with Crippen molar-refractivity contribution in [2.45, 2.75) is 6.42 Å². The Morgan fingerprint density at radius 1 is 1.06 bits per heavy atom. The average molecular weight is 506 g/mol. The summed E-state index contributed by atoms with van der Waals surface area (Å²) in [4.78, 5) is 38.1. The Balaban J connectivity index is 1.93. The summed E-state index contributed by atoms with van der Waals surface area (Å²) in [7, 11) is 5.54. The molecule has 2 aromatic carbocycles. The van der Waals surface area contributed by atoms with Gasteiger partial charge in [0.1, 0.15) is 10.8 Å². The van der Waals surface area contributed by atoms with Crippen LogP contribution in [0.2, 0.25) is 5.02 Å². The minimum Gasteiger partial charge on any atom is -0.378 e. The number of carbonyl (C=O) groups is 2. The lowest BCUT2D eigenvalue weighted by Gasteiger charge is -2.23. The van der Waals surface area contributed by atoms with Gasteiger partial charge in [0.15, 0.2) is 0 Å². The minimum atomic E-state index is -0.285. The molecule has 2 aliphatic rings. The molecule has 2 amide bonds. The van der Waals surface area contributed by atoms with E-state index in [-0.39, 0.29) is 11.8 Å². The zero-order valence-corrected chi connectivity index (χ0v) is 21.2. The maximum absolute atomic E-state index is 13.3. The van der Waals surface area contributed by atoms with Gasteiger partial charge in [-0.1, -0.05) is 24.2 Å². The molecule has 0 fully saturated rings. The molecular formula is C26H28ClN7O2. The van der Waals surface area contributed by atoms with Gasteiger partial charge in [0.2, 0.25) is 11.9 Å². The van der Waals surface area contributed by atoms with Crippen LogP contribution in [-0.2, 0) is 4.79 Å². The number of aromatic nitrogens is 2. The van der Waals surface area contributed by atoms with Crippen LogP contribution in [0.15, 0.2) is 55.3 Å². The van der Waals surface area contributed by atoms with Crippen LogP contribution >= 0.6 is 11.6 Å². The summed E-state index contributed by atoms with van der Waals surface area (Å²) >= 11 is 6.26. The summed E-state index contributed by atoms with van der Waals surface area (Å²) in [6.45, 7) is 4.64. The summed E-state index contributed by atoms with van der Waals surface area (Å²) in [5, 5.41) is 9.77. The van der Waals surface area contributed by atoms with E-state index < -0.39 is 0 Å². The Labute approximate surface area is 215 Å². The molecule has 1 aromatic heterocycles. The quantitative estimate of drug-likeness (QED) is 0.456. The average Bonchev–Trinajstić information content (AvgIpc) is 2.88. The van der Waals surface area contributed by atoms with Gasteiger partial charge in [-0.3, -0.25) is 9.59 Å². The van der Waals surface area contributed by atoms with Gasteiger partial charge in [0.25, 0.3) is 5.91 Å². The van der Waals surface area contributed by atoms with E-state index in [0.717, 1.165) is 11.3 Å². The standard InChI is InChI=1S/C26H28ClN7O2/c1-5-23(35)34(4)22-13-16-7-9-18(22)20-14-17(33(2)3)8-10-19(20)25(36)29-12-6-11-28-24-21(27)15-30-26(31-16)32-24/h5,7-10,13-15H,1,6,11-12H2,2-4H3,(H,29,36)(H2,28,30,31,32). The van der Waals surface area contributed by atoms with Crippen LogP contribution in [-0.4, -0.2) is 56.0 Å². The molecule has 3 heterocycles. The fourth-order valence-electron chi connectivity index (χ4n) is 3.87. The van der Waals surface area contributed by atoms with Crippen LogP contribution in [0.1, 0.15) is 16.8 Å². The maximum atomic E-state index is 13.3. The first-order valence-electron chi connectivity index (χ1n) is 11.5. The summed E-state index contributed by atoms with van der Waals surface area (Å²) in [6, 6.07) is 11.2. The van der Waals surface area contributed by atoms with E-state index in [1.54, 1.807) is 7.05 Å². The van der Waals surface area contributed by atoms with Gasteiger partial charge in [0, 0.05) is 56.7 Å². The predicted molar refractivity (Wildman–Crippen MR) is 146 cm³/mol. The molecule has 5 rings (SSSR count). The van der Waals surface area contributed by atoms with Crippen molar-refractivity contribution in [3.05, 3.63) is 65.8 Å². The number of likely N-dealkylation sites (N-methyl/N-ethyl adjacent to an activating group) is 1. The number of nitrogens with zero attached hydrogens (tertiary/aromatic N) is 4. The molecule has 2 aliphatic heterocycles. The monoisotopic (exact) mass is 505 g/mol. The molecule has 3 aromatic rings. The first kappa shape index (κ1) is 25.0. The Morgan fingerprint density at radius 3 is 2.56 bits per heavy atom. The van der Waals surface area contributed by atoms with E-state index in [9.17, 15) is 9.59 Å². The number of carbonyl (C=O) groups excluding carboxylic acids is 2. The number of rotatable bonds is 3. The number of nitrogens with one attached hydrogen (secondary N) is 3. The fourth-order valence-corrected chi connectivity index (χ4v) is 4.03. The van der Waals surface area contributed by atoms with Crippen molar-refractivity contribution < 1.29 is 9.59 Å². The molecule has 10 heteroatoms. The Kier molecular flexibility index (Phi) is 7.40. The smallest absolute Gasteiger partial charge is 0.251 e. The highest BCUT2D eigenvalue weighted by molar-refractivity contribution is 6.32. The van der Waals surface area contributed by atoms with Crippen LogP contribution in [0.5, 0.6) is 0 Å². The highest BCUT2D eigenvalue weighted by Crippen LogP contribution is 2.37. The number of benzene rings is 2. The lowest BCUT2D eigenvalue weighted by Crippen LogP contribution is -2.27. The van der Waals surface area contributed by atoms with E-state index in [0.29, 0.717) is 58.8 Å². The number of fused-ring (bicyclic) bond motifs is 7. The molecule has 4 bridgehead atoms. The molecule has 0 unspecified atom stereocenters. The molecule has 0 aliphatic carbocycles. The van der Waals surface area contributed by atoms with Gasteiger partial charge in [-0.05, 0) is 48.4 Å². The van der Waals surface area contributed by atoms with Crippen LogP contribution in [0.3, 0.4) is 0 Å². The van der Waals surface area contributed by atoms with Crippen molar-refractivity contribution in [1.82, 2.24) is 15.3 Å². The highest BCUT2D eigenvalue weighted by atomic mass is 35.5. The summed E-state index contributed by atoms with van der Waals surface area (Å²) in [5.41, 5.74) is 4.12. The summed E-state index contributed by atoms with van der Waals surface area (Å²) < 4.78 is 0. The number of hydrogen-bond acceptors (Lipinski definition) is 7. The van der Waals surface area contributed by atoms with E-state index in [2.05, 4.69) is 32.5 Å². The summed E-state index contributed by atoms with van der Waals surface area (Å²) in [6.07, 6.45) is 3.43. The zero-order chi connectivity index (χ0) is 25.8. The molecule has 0 radical (unpaired) electrons. The minimum absolute atomic E-state index is 0.199. The third-order valence-corrected chi connectivity index (χ3v) is 6.13. The Morgan fingerprint density at radius 2 is 1.81 bits per heavy atom. The van der Waals surface area contributed by atoms with Crippen LogP contribution in [0.4, 0.5) is 28.8 Å². The first-order chi connectivity index (χ1) is 17.3. The second-order valence-corrected chi connectivity index (χ2v) is 8.92. The lowest BCUT2D eigenvalue weighted by atomic mass is 9.95. The number of halogens is 1. The molecule has 9 nitrogen and oxygen atoms in total.